The van der Waals surface area contributed by atoms with Crippen molar-refractivity contribution in [1.82, 2.24) is 0 Å². The summed E-state index contributed by atoms with van der Waals surface area (Å²) >= 11 is 0. The molecule has 17 N–H and O–H groups in total. The van der Waals surface area contributed by atoms with Gasteiger partial charge in [-0.25, -0.2) is 9.13 Å². The number of rotatable bonds is 7. The number of benzene rings is 6. The van der Waals surface area contributed by atoms with Crippen molar-refractivity contribution in [2.24, 2.45) is 0 Å². The second-order valence-electron chi connectivity index (χ2n) is 15.1. The van der Waals surface area contributed by atoms with Crippen molar-refractivity contribution in [1.29, 1.82) is 0 Å². The van der Waals surface area contributed by atoms with Crippen LogP contribution in [-0.2, 0) is 9.13 Å². The lowest BCUT2D eigenvalue weighted by Gasteiger charge is -2.11. The van der Waals surface area contributed by atoms with Crippen LogP contribution in [0.3, 0.4) is 0 Å². The topological polar surface area (TPSA) is 487 Å². The number of phosphoric acid groups is 2. The summed E-state index contributed by atoms with van der Waals surface area (Å²) in [6, 6.07) is 15.8. The molecule has 6 aromatic carbocycles. The van der Waals surface area contributed by atoms with Crippen LogP contribution in [0, 0.1) is 0 Å². The first-order valence-corrected chi connectivity index (χ1v) is 22.9. The fourth-order valence-electron chi connectivity index (χ4n) is 6.79. The highest BCUT2D eigenvalue weighted by atomic mass is 31.2. The van der Waals surface area contributed by atoms with E-state index in [1.807, 2.05) is 0 Å². The summed E-state index contributed by atoms with van der Waals surface area (Å²) in [5.41, 5.74) is -3.45. The maximum Gasteiger partial charge on any atom is 0.524 e. The fraction of sp³-hybridized carbons (Fsp3) is 0. The van der Waals surface area contributed by atoms with Gasteiger partial charge in [-0.3, -0.25) is 34.0 Å². The summed E-state index contributed by atoms with van der Waals surface area (Å²) in [6.07, 6.45) is 0. The third-order valence-electron chi connectivity index (χ3n) is 9.93. The van der Waals surface area contributed by atoms with Gasteiger partial charge in [0.15, 0.2) is 51.8 Å². The molecule has 3 aromatic heterocycles. The molecule has 0 aliphatic heterocycles. The van der Waals surface area contributed by atoms with Gasteiger partial charge in [0.25, 0.3) is 0 Å². The zero-order chi connectivity index (χ0) is 54.5. The maximum atomic E-state index is 12.3. The van der Waals surface area contributed by atoms with Crippen molar-refractivity contribution in [3.63, 3.8) is 0 Å². The highest BCUT2D eigenvalue weighted by Gasteiger charge is 2.25. The average molecular weight is 1070 g/mol. The summed E-state index contributed by atoms with van der Waals surface area (Å²) in [5, 5.41) is 125. The molecule has 0 saturated heterocycles. The Balaban J connectivity index is 0.000000163. The van der Waals surface area contributed by atoms with E-state index in [1.54, 1.807) is 0 Å². The molecule has 0 spiro atoms. The molecule has 0 radical (unpaired) electrons. The van der Waals surface area contributed by atoms with E-state index in [0.717, 1.165) is 78.9 Å². The molecule has 29 heteroatoms. The van der Waals surface area contributed by atoms with E-state index in [4.69, 9.17) is 32.8 Å². The Morgan fingerprint density at radius 3 is 1.04 bits per heavy atom. The molecule has 0 amide bonds. The Morgan fingerprint density at radius 1 is 0.351 bits per heavy atom. The zero-order valence-corrected chi connectivity index (χ0v) is 38.0. The summed E-state index contributed by atoms with van der Waals surface area (Å²) in [7, 11) is -9.83. The smallest absolute Gasteiger partial charge is 0.508 e. The van der Waals surface area contributed by atoms with E-state index in [-0.39, 0.29) is 67.2 Å². The SMILES string of the molecule is O=c1c(O)c(-c2ccc(O)c(O)c2)oc2cc(O)cc(O)c12.O=c1c(O)c(-c2ccc(O)c(O)c2)oc2cc(OP(=O)(O)O)cc(O)c12.O=c1c(O)c(-c2ccc(OP(=O)(O)O)c(O)c2)oc2cc(O)cc(O)c12. The molecular formula is C45H32O27P2. The normalized spacial score (nSPS) is 11.4. The van der Waals surface area contributed by atoms with Crippen LogP contribution >= 0.6 is 15.6 Å². The maximum absolute atomic E-state index is 12.3. The van der Waals surface area contributed by atoms with Gasteiger partial charge in [0, 0.05) is 53.1 Å². The van der Waals surface area contributed by atoms with Gasteiger partial charge in [-0.05, 0) is 54.6 Å². The van der Waals surface area contributed by atoms with Crippen LogP contribution in [0.25, 0.3) is 66.9 Å². The van der Waals surface area contributed by atoms with Crippen LogP contribution in [0.4, 0.5) is 0 Å². The van der Waals surface area contributed by atoms with Crippen LogP contribution in [0.1, 0.15) is 0 Å². The molecule has 0 aliphatic rings. The van der Waals surface area contributed by atoms with Crippen LogP contribution in [0.5, 0.6) is 86.2 Å². The number of aromatic hydroxyl groups is 13. The predicted octanol–water partition coefficient (Wildman–Crippen LogP) is 5.50. The molecule has 74 heavy (non-hydrogen) atoms. The van der Waals surface area contributed by atoms with Crippen LogP contribution < -0.4 is 25.3 Å². The Bertz CT molecular complexity index is 4040. The van der Waals surface area contributed by atoms with Crippen molar-refractivity contribution in [2.45, 2.75) is 0 Å². The Kier molecular flexibility index (Phi) is 13.7. The molecule has 0 bridgehead atoms. The van der Waals surface area contributed by atoms with Crippen LogP contribution in [-0.4, -0.2) is 86.0 Å². The first kappa shape index (κ1) is 52.1. The van der Waals surface area contributed by atoms with Crippen molar-refractivity contribution >= 4 is 48.6 Å². The molecule has 384 valence electrons. The van der Waals surface area contributed by atoms with Gasteiger partial charge in [-0.2, -0.15) is 0 Å². The molecular weight excluding hydrogens is 1030 g/mol. The molecule has 0 aliphatic carbocycles. The summed E-state index contributed by atoms with van der Waals surface area (Å²) in [4.78, 5) is 71.9. The van der Waals surface area contributed by atoms with Crippen molar-refractivity contribution < 1.29 is 117 Å². The van der Waals surface area contributed by atoms with Gasteiger partial charge in [0.1, 0.15) is 67.4 Å². The number of hydrogen-bond donors (Lipinski definition) is 17. The average Bonchev–Trinajstić information content (AvgIpc) is 3.29. The van der Waals surface area contributed by atoms with Crippen LogP contribution in [0.2, 0.25) is 0 Å². The number of phosphoric ester groups is 2. The van der Waals surface area contributed by atoms with Crippen molar-refractivity contribution in [2.75, 3.05) is 0 Å². The first-order chi connectivity index (χ1) is 34.5. The van der Waals surface area contributed by atoms with Gasteiger partial charge in [-0.15, -0.1) is 0 Å². The first-order valence-electron chi connectivity index (χ1n) is 19.9. The standard InChI is InChI=1S/2C15H11O10P.C15H10O7/c16-7-4-9(18)12-11(5-7)24-15(14(20)13(12)19)6-1-2-10(8(17)3-6)25-26(21,22)23;16-8-2-1-6(3-9(8)17)15-14(20)13(19)12-10(18)4-7(5-11(12)24-15)25-26(21,22)23;16-7-4-10(19)12-11(5-7)22-15(14(21)13(12)20)6-1-2-8(17)9(18)3-6/h2*1-5,16-18,20H,(H2,21,22,23);1-5,16-19,21H. The van der Waals surface area contributed by atoms with E-state index in [1.165, 1.54) is 12.1 Å². The lowest BCUT2D eigenvalue weighted by atomic mass is 10.1. The molecule has 3 heterocycles. The number of fused-ring (bicyclic) bond motifs is 3. The van der Waals surface area contributed by atoms with E-state index in [2.05, 4.69) is 9.05 Å². The Hall–Kier alpha value is -9.75. The van der Waals surface area contributed by atoms with Gasteiger partial charge >= 0.3 is 15.6 Å². The minimum Gasteiger partial charge on any atom is -0.508 e. The summed E-state index contributed by atoms with van der Waals surface area (Å²) < 4.78 is 46.4. The lowest BCUT2D eigenvalue weighted by molar-refractivity contribution is 0.277. The second kappa shape index (κ2) is 19.5. The highest BCUT2D eigenvalue weighted by molar-refractivity contribution is 7.47. The number of phenols is 10. The minimum atomic E-state index is -4.93. The third kappa shape index (κ3) is 10.8. The highest BCUT2D eigenvalue weighted by Crippen LogP contribution is 2.46. The Morgan fingerprint density at radius 2 is 0.689 bits per heavy atom. The van der Waals surface area contributed by atoms with E-state index in [0.29, 0.717) is 0 Å². The molecule has 0 atom stereocenters. The van der Waals surface area contributed by atoms with Gasteiger partial charge in [-0.1, -0.05) is 0 Å². The minimum absolute atomic E-state index is 0.0256. The molecule has 0 unspecified atom stereocenters. The van der Waals surface area contributed by atoms with Crippen molar-refractivity contribution in [3.05, 3.63) is 122 Å². The monoisotopic (exact) mass is 1070 g/mol. The van der Waals surface area contributed by atoms with Gasteiger partial charge in [0.05, 0.1) is 0 Å². The molecule has 0 fully saturated rings. The quantitative estimate of drug-likeness (QED) is 0.0692. The number of phenolic OH excluding ortho intramolecular Hbond substituents is 10. The number of hydrogen-bond acceptors (Lipinski definition) is 23. The fourth-order valence-corrected chi connectivity index (χ4v) is 7.58. The van der Waals surface area contributed by atoms with E-state index < -0.39 is 118 Å². The van der Waals surface area contributed by atoms with Gasteiger partial charge < -0.3 is 88.7 Å². The zero-order valence-electron chi connectivity index (χ0n) is 36.2. The largest absolute Gasteiger partial charge is 0.524 e. The summed E-state index contributed by atoms with van der Waals surface area (Å²) in [6.45, 7) is 0. The van der Waals surface area contributed by atoms with Crippen molar-refractivity contribution in [3.8, 4) is 120 Å². The Labute approximate surface area is 407 Å². The molecule has 27 nitrogen and oxygen atoms in total. The molecule has 9 rings (SSSR count). The predicted molar refractivity (Wildman–Crippen MR) is 251 cm³/mol. The van der Waals surface area contributed by atoms with Gasteiger partial charge in [0.2, 0.25) is 33.5 Å². The second-order valence-corrected chi connectivity index (χ2v) is 17.4. The van der Waals surface area contributed by atoms with E-state index in [9.17, 15) is 89.9 Å². The third-order valence-corrected chi connectivity index (χ3v) is 10.8. The van der Waals surface area contributed by atoms with E-state index >= 15 is 0 Å². The van der Waals surface area contributed by atoms with Crippen LogP contribution in [0.15, 0.2) is 119 Å². The molecule has 9 aromatic rings. The summed E-state index contributed by atoms with van der Waals surface area (Å²) in [5.74, 6) is -9.63. The lowest BCUT2D eigenvalue weighted by Crippen LogP contribution is -2.03. The molecule has 0 saturated carbocycles.